The van der Waals surface area contributed by atoms with Gasteiger partial charge in [0.05, 0.1) is 13.0 Å². The molecule has 0 aromatic heterocycles. The van der Waals surface area contributed by atoms with E-state index in [0.717, 1.165) is 25.0 Å². The standard InChI is InChI=1S/C15H27NO2/c1-3-4-8-11-18-15(17)12-13(2)16-14-9-6-5-7-10-14/h14H,3-12H2,1-2H3/b16-13-. The van der Waals surface area contributed by atoms with E-state index in [1.54, 1.807) is 0 Å². The molecule has 1 rings (SSSR count). The van der Waals surface area contributed by atoms with Crippen molar-refractivity contribution in [1.82, 2.24) is 0 Å². The highest BCUT2D eigenvalue weighted by atomic mass is 16.5. The van der Waals surface area contributed by atoms with Crippen molar-refractivity contribution in [1.29, 1.82) is 0 Å². The van der Waals surface area contributed by atoms with Gasteiger partial charge in [-0.2, -0.15) is 0 Å². The van der Waals surface area contributed by atoms with Crippen LogP contribution in [0, 0.1) is 0 Å². The van der Waals surface area contributed by atoms with E-state index in [4.69, 9.17) is 4.74 Å². The van der Waals surface area contributed by atoms with Crippen molar-refractivity contribution in [2.24, 2.45) is 4.99 Å². The summed E-state index contributed by atoms with van der Waals surface area (Å²) in [6, 6.07) is 0.451. The van der Waals surface area contributed by atoms with Crippen LogP contribution in [-0.4, -0.2) is 24.3 Å². The molecule has 1 aliphatic rings. The molecule has 0 aromatic carbocycles. The van der Waals surface area contributed by atoms with Crippen molar-refractivity contribution in [3.05, 3.63) is 0 Å². The van der Waals surface area contributed by atoms with Crippen LogP contribution in [0.3, 0.4) is 0 Å². The van der Waals surface area contributed by atoms with E-state index >= 15 is 0 Å². The summed E-state index contributed by atoms with van der Waals surface area (Å²) in [6.45, 7) is 4.65. The number of hydrogen-bond acceptors (Lipinski definition) is 3. The smallest absolute Gasteiger partial charge is 0.311 e. The van der Waals surface area contributed by atoms with Gasteiger partial charge in [-0.3, -0.25) is 9.79 Å². The SMILES string of the molecule is CCCCCOC(=O)C/C(C)=N\C1CCCCC1. The molecule has 0 spiro atoms. The van der Waals surface area contributed by atoms with Gasteiger partial charge in [-0.05, 0) is 26.2 Å². The zero-order valence-electron chi connectivity index (χ0n) is 11.9. The average molecular weight is 253 g/mol. The summed E-state index contributed by atoms with van der Waals surface area (Å²) in [7, 11) is 0. The molecule has 18 heavy (non-hydrogen) atoms. The van der Waals surface area contributed by atoms with Gasteiger partial charge in [-0.25, -0.2) is 0 Å². The zero-order chi connectivity index (χ0) is 13.2. The van der Waals surface area contributed by atoms with Gasteiger partial charge in [-0.1, -0.05) is 39.0 Å². The Labute approximate surface area is 111 Å². The van der Waals surface area contributed by atoms with Crippen molar-refractivity contribution in [3.63, 3.8) is 0 Å². The molecule has 0 amide bonds. The van der Waals surface area contributed by atoms with Crippen LogP contribution in [-0.2, 0) is 9.53 Å². The van der Waals surface area contributed by atoms with Gasteiger partial charge in [0.15, 0.2) is 0 Å². The van der Waals surface area contributed by atoms with Crippen LogP contribution in [0.25, 0.3) is 0 Å². The van der Waals surface area contributed by atoms with Crippen LogP contribution in [0.2, 0.25) is 0 Å². The highest BCUT2D eigenvalue weighted by Gasteiger charge is 2.13. The van der Waals surface area contributed by atoms with Crippen molar-refractivity contribution >= 4 is 11.7 Å². The number of esters is 1. The maximum Gasteiger partial charge on any atom is 0.311 e. The molecule has 0 bridgehead atoms. The summed E-state index contributed by atoms with van der Waals surface area (Å²) in [5, 5.41) is 0. The lowest BCUT2D eigenvalue weighted by molar-refractivity contribution is -0.142. The quantitative estimate of drug-likeness (QED) is 0.392. The fourth-order valence-electron chi connectivity index (χ4n) is 2.37. The van der Waals surface area contributed by atoms with E-state index in [-0.39, 0.29) is 5.97 Å². The molecule has 0 aromatic rings. The van der Waals surface area contributed by atoms with E-state index in [9.17, 15) is 4.79 Å². The van der Waals surface area contributed by atoms with Crippen LogP contribution < -0.4 is 0 Å². The molecule has 3 nitrogen and oxygen atoms in total. The predicted octanol–water partition coefficient (Wildman–Crippen LogP) is 3.90. The maximum absolute atomic E-state index is 11.6. The van der Waals surface area contributed by atoms with Gasteiger partial charge < -0.3 is 4.74 Å². The molecule has 0 heterocycles. The van der Waals surface area contributed by atoms with Crippen LogP contribution in [0.4, 0.5) is 0 Å². The summed E-state index contributed by atoms with van der Waals surface area (Å²) in [6.07, 6.45) is 9.88. The minimum atomic E-state index is -0.122. The Bertz CT molecular complexity index is 268. The van der Waals surface area contributed by atoms with Crippen LogP contribution in [0.15, 0.2) is 4.99 Å². The minimum absolute atomic E-state index is 0.122. The van der Waals surface area contributed by atoms with Gasteiger partial charge in [0, 0.05) is 11.8 Å². The number of rotatable bonds is 7. The second-order valence-corrected chi connectivity index (χ2v) is 5.26. The second kappa shape index (κ2) is 9.12. The molecule has 1 saturated carbocycles. The second-order valence-electron chi connectivity index (χ2n) is 5.26. The first-order chi connectivity index (χ1) is 8.72. The van der Waals surface area contributed by atoms with Gasteiger partial charge in [-0.15, -0.1) is 0 Å². The summed E-state index contributed by atoms with van der Waals surface area (Å²) >= 11 is 0. The largest absolute Gasteiger partial charge is 0.465 e. The zero-order valence-corrected chi connectivity index (χ0v) is 11.9. The van der Waals surface area contributed by atoms with Gasteiger partial charge >= 0.3 is 5.97 Å². The molecule has 0 N–H and O–H groups in total. The maximum atomic E-state index is 11.6. The van der Waals surface area contributed by atoms with Gasteiger partial charge in [0.25, 0.3) is 0 Å². The summed E-state index contributed by atoms with van der Waals surface area (Å²) in [5.74, 6) is -0.122. The summed E-state index contributed by atoms with van der Waals surface area (Å²) in [5.41, 5.74) is 0.933. The molecule has 1 aliphatic carbocycles. The van der Waals surface area contributed by atoms with Gasteiger partial charge in [0.2, 0.25) is 0 Å². The number of hydrogen-bond donors (Lipinski definition) is 0. The molecular weight excluding hydrogens is 226 g/mol. The molecule has 0 atom stereocenters. The first kappa shape index (κ1) is 15.2. The van der Waals surface area contributed by atoms with E-state index < -0.39 is 0 Å². The van der Waals surface area contributed by atoms with E-state index in [0.29, 0.717) is 19.1 Å². The molecule has 0 radical (unpaired) electrons. The fraction of sp³-hybridized carbons (Fsp3) is 0.867. The number of unbranched alkanes of at least 4 members (excludes halogenated alkanes) is 2. The number of carbonyl (C=O) groups is 1. The minimum Gasteiger partial charge on any atom is -0.465 e. The van der Waals surface area contributed by atoms with E-state index in [2.05, 4.69) is 11.9 Å². The molecule has 104 valence electrons. The third-order valence-corrected chi connectivity index (χ3v) is 3.39. The Morgan fingerprint density at radius 2 is 1.94 bits per heavy atom. The Balaban J connectivity index is 2.19. The van der Waals surface area contributed by atoms with Crippen molar-refractivity contribution in [2.45, 2.75) is 77.7 Å². The fourth-order valence-corrected chi connectivity index (χ4v) is 2.37. The van der Waals surface area contributed by atoms with Gasteiger partial charge in [0.1, 0.15) is 0 Å². The predicted molar refractivity (Wildman–Crippen MR) is 75.1 cm³/mol. The summed E-state index contributed by atoms with van der Waals surface area (Å²) < 4.78 is 5.18. The average Bonchev–Trinajstić information content (AvgIpc) is 2.35. The van der Waals surface area contributed by atoms with Crippen LogP contribution in [0.1, 0.15) is 71.6 Å². The number of carbonyl (C=O) groups excluding carboxylic acids is 1. The molecule has 1 fully saturated rings. The lowest BCUT2D eigenvalue weighted by atomic mass is 9.96. The first-order valence-electron chi connectivity index (χ1n) is 7.41. The molecular formula is C15H27NO2. The lowest BCUT2D eigenvalue weighted by Crippen LogP contribution is -2.15. The highest BCUT2D eigenvalue weighted by Crippen LogP contribution is 2.20. The number of ether oxygens (including phenoxy) is 1. The third-order valence-electron chi connectivity index (χ3n) is 3.39. The summed E-state index contributed by atoms with van der Waals surface area (Å²) in [4.78, 5) is 16.2. The molecule has 3 heteroatoms. The third kappa shape index (κ3) is 6.77. The van der Waals surface area contributed by atoms with E-state index in [1.807, 2.05) is 6.92 Å². The number of nitrogens with zero attached hydrogens (tertiary/aromatic N) is 1. The van der Waals surface area contributed by atoms with Crippen LogP contribution >= 0.6 is 0 Å². The monoisotopic (exact) mass is 253 g/mol. The first-order valence-corrected chi connectivity index (χ1v) is 7.41. The normalized spacial score (nSPS) is 17.8. The molecule has 0 saturated heterocycles. The van der Waals surface area contributed by atoms with Crippen LogP contribution in [0.5, 0.6) is 0 Å². The van der Waals surface area contributed by atoms with Crippen molar-refractivity contribution in [2.75, 3.05) is 6.61 Å². The Kier molecular flexibility index (Phi) is 7.70. The Morgan fingerprint density at radius 3 is 2.61 bits per heavy atom. The van der Waals surface area contributed by atoms with Crippen molar-refractivity contribution in [3.8, 4) is 0 Å². The Hall–Kier alpha value is -0.860. The topological polar surface area (TPSA) is 38.7 Å². The molecule has 0 aliphatic heterocycles. The van der Waals surface area contributed by atoms with E-state index in [1.165, 1.54) is 32.1 Å². The number of aliphatic imine (C=N–C) groups is 1. The van der Waals surface area contributed by atoms with Crippen molar-refractivity contribution < 1.29 is 9.53 Å². The highest BCUT2D eigenvalue weighted by molar-refractivity contribution is 5.97. The lowest BCUT2D eigenvalue weighted by Gasteiger charge is -2.18. The Morgan fingerprint density at radius 1 is 1.22 bits per heavy atom. The molecule has 0 unspecified atom stereocenters.